The molecule has 2 aliphatic rings. The lowest BCUT2D eigenvalue weighted by Crippen LogP contribution is -2.55. The highest BCUT2D eigenvalue weighted by molar-refractivity contribution is 5.81. The van der Waals surface area contributed by atoms with Crippen molar-refractivity contribution < 1.29 is 14.3 Å². The van der Waals surface area contributed by atoms with Gasteiger partial charge in [0.15, 0.2) is 0 Å². The zero-order valence-electron chi connectivity index (χ0n) is 13.7. The fourth-order valence-electron chi connectivity index (χ4n) is 3.84. The van der Waals surface area contributed by atoms with E-state index in [0.29, 0.717) is 18.6 Å². The lowest BCUT2D eigenvalue weighted by atomic mass is 9.84. The van der Waals surface area contributed by atoms with Gasteiger partial charge in [-0.3, -0.25) is 9.69 Å². The highest BCUT2D eigenvalue weighted by Gasteiger charge is 2.48. The highest BCUT2D eigenvalue weighted by Crippen LogP contribution is 2.39. The number of morpholine rings is 1. The van der Waals surface area contributed by atoms with Crippen molar-refractivity contribution in [1.29, 1.82) is 0 Å². The number of esters is 1. The molecule has 0 radical (unpaired) electrons. The van der Waals surface area contributed by atoms with E-state index >= 15 is 0 Å². The average Bonchev–Trinajstić information content (AvgIpc) is 2.91. The van der Waals surface area contributed by atoms with Crippen LogP contribution in [0.4, 0.5) is 0 Å². The fourth-order valence-corrected chi connectivity index (χ4v) is 3.84. The van der Waals surface area contributed by atoms with Crippen LogP contribution in [0.2, 0.25) is 0 Å². The largest absolute Gasteiger partial charge is 0.465 e. The summed E-state index contributed by atoms with van der Waals surface area (Å²) >= 11 is 0. The third-order valence-corrected chi connectivity index (χ3v) is 5.18. The van der Waals surface area contributed by atoms with Gasteiger partial charge >= 0.3 is 5.97 Å². The molecule has 5 heteroatoms. The van der Waals surface area contributed by atoms with Crippen LogP contribution in [0.3, 0.4) is 0 Å². The molecule has 1 saturated carbocycles. The molecular weight excluding hydrogens is 268 g/mol. The van der Waals surface area contributed by atoms with Crippen molar-refractivity contribution in [2.75, 3.05) is 40.0 Å². The van der Waals surface area contributed by atoms with Gasteiger partial charge in [0.05, 0.1) is 19.8 Å². The first kappa shape index (κ1) is 16.7. The number of hydrogen-bond donors (Lipinski definition) is 1. The standard InChI is InChI=1S/C16H30N2O3/c1-4-21-15(19)16(17-3)8-5-6-14(16)7-9-18-10-11-20-12-13(18)2/h13-14,17H,4-12H2,1-3H3. The molecule has 0 amide bonds. The summed E-state index contributed by atoms with van der Waals surface area (Å²) in [7, 11) is 1.90. The van der Waals surface area contributed by atoms with Gasteiger partial charge in [-0.1, -0.05) is 6.42 Å². The number of carbonyl (C=O) groups is 1. The Balaban J connectivity index is 1.95. The van der Waals surface area contributed by atoms with Crippen LogP contribution in [0.5, 0.6) is 0 Å². The number of carbonyl (C=O) groups excluding carboxylic acids is 1. The van der Waals surface area contributed by atoms with Gasteiger partial charge in [-0.2, -0.15) is 0 Å². The van der Waals surface area contributed by atoms with Gasteiger partial charge in [-0.15, -0.1) is 0 Å². The van der Waals surface area contributed by atoms with Crippen LogP contribution < -0.4 is 5.32 Å². The van der Waals surface area contributed by atoms with Gasteiger partial charge in [0.1, 0.15) is 5.54 Å². The number of nitrogens with zero attached hydrogens (tertiary/aromatic N) is 1. The summed E-state index contributed by atoms with van der Waals surface area (Å²) in [6.07, 6.45) is 4.15. The lowest BCUT2D eigenvalue weighted by molar-refractivity contribution is -0.153. The van der Waals surface area contributed by atoms with Gasteiger partial charge in [0, 0.05) is 12.6 Å². The molecule has 0 aromatic rings. The van der Waals surface area contributed by atoms with Crippen molar-refractivity contribution in [2.45, 2.75) is 51.1 Å². The van der Waals surface area contributed by atoms with Gasteiger partial charge < -0.3 is 14.8 Å². The Hall–Kier alpha value is -0.650. The first-order valence-electron chi connectivity index (χ1n) is 8.32. The maximum absolute atomic E-state index is 12.4. The van der Waals surface area contributed by atoms with Crippen molar-refractivity contribution in [3.63, 3.8) is 0 Å². The Labute approximate surface area is 128 Å². The van der Waals surface area contributed by atoms with E-state index in [1.165, 1.54) is 0 Å². The quantitative estimate of drug-likeness (QED) is 0.752. The molecule has 1 saturated heterocycles. The predicted molar refractivity (Wildman–Crippen MR) is 82.2 cm³/mol. The van der Waals surface area contributed by atoms with Crippen LogP contribution in [-0.2, 0) is 14.3 Å². The minimum absolute atomic E-state index is 0.0648. The summed E-state index contributed by atoms with van der Waals surface area (Å²) in [4.78, 5) is 14.9. The maximum atomic E-state index is 12.4. The third kappa shape index (κ3) is 3.58. The van der Waals surface area contributed by atoms with E-state index in [2.05, 4.69) is 17.1 Å². The number of rotatable bonds is 6. The van der Waals surface area contributed by atoms with Crippen LogP contribution in [0.1, 0.15) is 39.5 Å². The summed E-state index contributed by atoms with van der Waals surface area (Å²) in [6.45, 7) is 8.22. The monoisotopic (exact) mass is 298 g/mol. The third-order valence-electron chi connectivity index (χ3n) is 5.18. The summed E-state index contributed by atoms with van der Waals surface area (Å²) in [6, 6.07) is 0.478. The second-order valence-electron chi connectivity index (χ2n) is 6.28. The van der Waals surface area contributed by atoms with E-state index in [1.807, 2.05) is 14.0 Å². The molecule has 1 heterocycles. The molecule has 122 valence electrons. The Bertz CT molecular complexity index is 350. The zero-order chi connectivity index (χ0) is 15.3. The molecule has 2 fully saturated rings. The summed E-state index contributed by atoms with van der Waals surface area (Å²) < 4.78 is 10.8. The Morgan fingerprint density at radius 2 is 2.33 bits per heavy atom. The molecule has 0 aromatic carbocycles. The smallest absolute Gasteiger partial charge is 0.326 e. The molecule has 3 atom stereocenters. The minimum Gasteiger partial charge on any atom is -0.465 e. The molecule has 0 spiro atoms. The molecule has 5 nitrogen and oxygen atoms in total. The number of hydrogen-bond acceptors (Lipinski definition) is 5. The zero-order valence-corrected chi connectivity index (χ0v) is 13.7. The van der Waals surface area contributed by atoms with Crippen molar-refractivity contribution in [3.05, 3.63) is 0 Å². The van der Waals surface area contributed by atoms with E-state index in [0.717, 1.165) is 52.0 Å². The Kier molecular flexibility index (Phi) is 6.02. The van der Waals surface area contributed by atoms with Crippen molar-refractivity contribution in [3.8, 4) is 0 Å². The van der Waals surface area contributed by atoms with Crippen LogP contribution in [0, 0.1) is 5.92 Å². The van der Waals surface area contributed by atoms with Crippen LogP contribution in [0.25, 0.3) is 0 Å². The summed E-state index contributed by atoms with van der Waals surface area (Å²) in [5.41, 5.74) is -0.467. The van der Waals surface area contributed by atoms with Crippen molar-refractivity contribution in [2.24, 2.45) is 5.92 Å². The molecule has 2 rings (SSSR count). The van der Waals surface area contributed by atoms with Crippen molar-refractivity contribution in [1.82, 2.24) is 10.2 Å². The normalized spacial score (nSPS) is 34.0. The van der Waals surface area contributed by atoms with Gasteiger partial charge in [-0.05, 0) is 52.6 Å². The van der Waals surface area contributed by atoms with E-state index in [4.69, 9.17) is 9.47 Å². The fraction of sp³-hybridized carbons (Fsp3) is 0.938. The van der Waals surface area contributed by atoms with Crippen LogP contribution in [0.15, 0.2) is 0 Å². The molecule has 21 heavy (non-hydrogen) atoms. The second-order valence-corrected chi connectivity index (χ2v) is 6.28. The first-order valence-corrected chi connectivity index (χ1v) is 8.32. The van der Waals surface area contributed by atoms with E-state index in [-0.39, 0.29) is 5.97 Å². The van der Waals surface area contributed by atoms with E-state index < -0.39 is 5.54 Å². The van der Waals surface area contributed by atoms with Gasteiger partial charge in [0.25, 0.3) is 0 Å². The molecule has 0 bridgehead atoms. The lowest BCUT2D eigenvalue weighted by Gasteiger charge is -2.37. The first-order chi connectivity index (χ1) is 10.1. The number of ether oxygens (including phenoxy) is 2. The maximum Gasteiger partial charge on any atom is 0.326 e. The van der Waals surface area contributed by atoms with Gasteiger partial charge in [0.2, 0.25) is 0 Å². The molecule has 1 aliphatic carbocycles. The summed E-state index contributed by atoms with van der Waals surface area (Å²) in [5.74, 6) is 0.307. The molecule has 1 N–H and O–H groups in total. The van der Waals surface area contributed by atoms with Crippen molar-refractivity contribution >= 4 is 5.97 Å². The van der Waals surface area contributed by atoms with Crippen LogP contribution >= 0.6 is 0 Å². The minimum atomic E-state index is -0.467. The second kappa shape index (κ2) is 7.56. The SMILES string of the molecule is CCOC(=O)C1(NC)CCCC1CCN1CCOCC1C. The predicted octanol–water partition coefficient (Wildman–Crippen LogP) is 1.42. The van der Waals surface area contributed by atoms with Crippen LogP contribution in [-0.4, -0.2) is 62.4 Å². The number of nitrogens with one attached hydrogen (secondary N) is 1. The molecule has 1 aliphatic heterocycles. The Morgan fingerprint density at radius 1 is 1.52 bits per heavy atom. The molecule has 0 aromatic heterocycles. The van der Waals surface area contributed by atoms with E-state index in [9.17, 15) is 4.79 Å². The Morgan fingerprint density at radius 3 is 3.00 bits per heavy atom. The molecular formula is C16H30N2O3. The average molecular weight is 298 g/mol. The molecule has 3 unspecified atom stereocenters. The summed E-state index contributed by atoms with van der Waals surface area (Å²) in [5, 5.41) is 3.29. The number of likely N-dealkylation sites (N-methyl/N-ethyl adjacent to an activating group) is 1. The topological polar surface area (TPSA) is 50.8 Å². The van der Waals surface area contributed by atoms with E-state index in [1.54, 1.807) is 0 Å². The van der Waals surface area contributed by atoms with Gasteiger partial charge in [-0.25, -0.2) is 0 Å². The highest BCUT2D eigenvalue weighted by atomic mass is 16.5.